The number of carbonyl (C=O) groups is 2. The Morgan fingerprint density at radius 2 is 1.40 bits per heavy atom. The van der Waals surface area contributed by atoms with E-state index in [0.717, 1.165) is 12.1 Å². The number of nitrogens with one attached hydrogen (secondary N) is 2. The molecule has 132 valence electrons. The molecule has 0 saturated heterocycles. The van der Waals surface area contributed by atoms with Crippen LogP contribution in [0.5, 0.6) is 0 Å². The van der Waals surface area contributed by atoms with Gasteiger partial charge in [-0.2, -0.15) is 0 Å². The summed E-state index contributed by atoms with van der Waals surface area (Å²) in [5.41, 5.74) is 2.49. The summed E-state index contributed by atoms with van der Waals surface area (Å²) >= 11 is 13.0. The average Bonchev–Trinajstić information content (AvgIpc) is 2.54. The van der Waals surface area contributed by atoms with Gasteiger partial charge < -0.3 is 10.6 Å². The molecule has 4 nitrogen and oxygen atoms in total. The second-order valence-corrected chi connectivity index (χ2v) is 7.16. The Kier molecular flexibility index (Phi) is 7.62. The molecule has 2 rings (SSSR count). The molecule has 0 fully saturated rings. The predicted octanol–water partition coefficient (Wildman–Crippen LogP) is 4.87. The Morgan fingerprint density at radius 1 is 0.880 bits per heavy atom. The van der Waals surface area contributed by atoms with Crippen molar-refractivity contribution in [1.29, 1.82) is 0 Å². The molecule has 2 aromatic rings. The van der Waals surface area contributed by atoms with E-state index in [-0.39, 0.29) is 23.3 Å². The summed E-state index contributed by atoms with van der Waals surface area (Å²) in [6.07, 6.45) is 0.955. The van der Waals surface area contributed by atoms with Crippen LogP contribution in [0.3, 0.4) is 0 Å². The highest BCUT2D eigenvalue weighted by molar-refractivity contribution is 8.00. The number of benzene rings is 2. The van der Waals surface area contributed by atoms with Crippen LogP contribution in [0, 0.1) is 0 Å². The Bertz CT molecular complexity index is 731. The Balaban J connectivity index is 1.73. The molecule has 0 heterocycles. The molecule has 2 N–H and O–H groups in total. The van der Waals surface area contributed by atoms with Crippen molar-refractivity contribution in [3.8, 4) is 0 Å². The fourth-order valence-electron chi connectivity index (χ4n) is 2.08. The molecule has 0 aliphatic carbocycles. The fraction of sp³-hybridized carbons (Fsp3) is 0.222. The Morgan fingerprint density at radius 3 is 1.92 bits per heavy atom. The van der Waals surface area contributed by atoms with Gasteiger partial charge in [0.1, 0.15) is 0 Å². The lowest BCUT2D eigenvalue weighted by molar-refractivity contribution is -0.114. The molecule has 0 aliphatic heterocycles. The predicted molar refractivity (Wildman–Crippen MR) is 107 cm³/mol. The van der Waals surface area contributed by atoms with Crippen LogP contribution < -0.4 is 10.6 Å². The van der Waals surface area contributed by atoms with Gasteiger partial charge in [-0.3, -0.25) is 9.59 Å². The van der Waals surface area contributed by atoms with E-state index in [1.54, 1.807) is 18.2 Å². The first kappa shape index (κ1) is 19.6. The van der Waals surface area contributed by atoms with Crippen LogP contribution in [0.2, 0.25) is 10.0 Å². The van der Waals surface area contributed by atoms with Crippen LogP contribution in [-0.4, -0.2) is 23.3 Å². The van der Waals surface area contributed by atoms with Gasteiger partial charge in [-0.1, -0.05) is 42.3 Å². The number of hydrogen-bond acceptors (Lipinski definition) is 3. The van der Waals surface area contributed by atoms with Crippen LogP contribution in [0.25, 0.3) is 0 Å². The van der Waals surface area contributed by atoms with Crippen LogP contribution in [0.1, 0.15) is 12.5 Å². The quantitative estimate of drug-likeness (QED) is 0.701. The monoisotopic (exact) mass is 396 g/mol. The van der Waals surface area contributed by atoms with Crippen LogP contribution in [0.4, 0.5) is 11.4 Å². The number of hydrogen-bond donors (Lipinski definition) is 2. The van der Waals surface area contributed by atoms with Crippen molar-refractivity contribution in [2.24, 2.45) is 0 Å². The number of carbonyl (C=O) groups excluding carboxylic acids is 2. The van der Waals surface area contributed by atoms with Crippen LogP contribution in [-0.2, 0) is 16.0 Å². The fourth-order valence-corrected chi connectivity index (χ4v) is 3.22. The maximum Gasteiger partial charge on any atom is 0.234 e. The molecule has 0 radical (unpaired) electrons. The number of rotatable bonds is 7. The molecule has 7 heteroatoms. The van der Waals surface area contributed by atoms with Gasteiger partial charge in [0, 0.05) is 21.4 Å². The molecule has 0 saturated carbocycles. The molecule has 2 amide bonds. The van der Waals surface area contributed by atoms with E-state index in [9.17, 15) is 9.59 Å². The van der Waals surface area contributed by atoms with Crippen molar-refractivity contribution >= 4 is 58.2 Å². The molecule has 0 bridgehead atoms. The summed E-state index contributed by atoms with van der Waals surface area (Å²) in [6, 6.07) is 12.5. The molecule has 0 atom stereocenters. The molecular formula is C18H18Cl2N2O2S. The highest BCUT2D eigenvalue weighted by Crippen LogP contribution is 2.22. The zero-order valence-electron chi connectivity index (χ0n) is 13.6. The third-order valence-corrected chi connectivity index (χ3v) is 4.63. The van der Waals surface area contributed by atoms with E-state index in [0.29, 0.717) is 15.7 Å². The molecule has 0 aliphatic rings. The van der Waals surface area contributed by atoms with Crippen molar-refractivity contribution in [3.63, 3.8) is 0 Å². The van der Waals surface area contributed by atoms with E-state index < -0.39 is 0 Å². The van der Waals surface area contributed by atoms with Gasteiger partial charge in [0.2, 0.25) is 11.8 Å². The second-order valence-electron chi connectivity index (χ2n) is 5.30. The van der Waals surface area contributed by atoms with Crippen molar-refractivity contribution in [2.75, 3.05) is 22.1 Å². The zero-order chi connectivity index (χ0) is 18.2. The first-order valence-corrected chi connectivity index (χ1v) is 9.60. The lowest BCUT2D eigenvalue weighted by Gasteiger charge is -2.07. The minimum atomic E-state index is -0.219. The SMILES string of the molecule is CCc1ccc(NC(=O)CSCC(=O)Nc2cc(Cl)cc(Cl)c2)cc1. The van der Waals surface area contributed by atoms with Crippen molar-refractivity contribution < 1.29 is 9.59 Å². The Hall–Kier alpha value is -1.69. The van der Waals surface area contributed by atoms with Crippen LogP contribution >= 0.6 is 35.0 Å². The lowest BCUT2D eigenvalue weighted by atomic mass is 10.1. The van der Waals surface area contributed by atoms with E-state index in [4.69, 9.17) is 23.2 Å². The maximum absolute atomic E-state index is 11.9. The molecule has 2 aromatic carbocycles. The van der Waals surface area contributed by atoms with Gasteiger partial charge in [0.05, 0.1) is 11.5 Å². The Labute approximate surface area is 161 Å². The number of thioether (sulfide) groups is 1. The van der Waals surface area contributed by atoms with E-state index in [1.165, 1.54) is 17.3 Å². The normalized spacial score (nSPS) is 10.4. The van der Waals surface area contributed by atoms with Crippen LogP contribution in [0.15, 0.2) is 42.5 Å². The maximum atomic E-state index is 11.9. The molecule has 0 spiro atoms. The van der Waals surface area contributed by atoms with E-state index in [2.05, 4.69) is 17.6 Å². The largest absolute Gasteiger partial charge is 0.325 e. The van der Waals surface area contributed by atoms with Crippen molar-refractivity contribution in [2.45, 2.75) is 13.3 Å². The van der Waals surface area contributed by atoms with E-state index in [1.807, 2.05) is 24.3 Å². The van der Waals surface area contributed by atoms with Crippen molar-refractivity contribution in [1.82, 2.24) is 0 Å². The molecule has 0 aromatic heterocycles. The number of anilines is 2. The van der Waals surface area contributed by atoms with Gasteiger partial charge in [-0.15, -0.1) is 11.8 Å². The summed E-state index contributed by atoms with van der Waals surface area (Å²) in [5.74, 6) is -0.0118. The number of halogens is 2. The first-order valence-electron chi connectivity index (χ1n) is 7.68. The smallest absolute Gasteiger partial charge is 0.234 e. The highest BCUT2D eigenvalue weighted by Gasteiger charge is 2.07. The summed E-state index contributed by atoms with van der Waals surface area (Å²) in [4.78, 5) is 23.8. The standard InChI is InChI=1S/C18H18Cl2N2O2S/c1-2-12-3-5-15(6-4-12)21-17(23)10-25-11-18(24)22-16-8-13(19)7-14(20)9-16/h3-9H,2,10-11H2,1H3,(H,21,23)(H,22,24). The highest BCUT2D eigenvalue weighted by atomic mass is 35.5. The lowest BCUT2D eigenvalue weighted by Crippen LogP contribution is -2.18. The molecule has 25 heavy (non-hydrogen) atoms. The molecular weight excluding hydrogens is 379 g/mol. The minimum absolute atomic E-state index is 0.146. The molecule has 0 unspecified atom stereocenters. The first-order chi connectivity index (χ1) is 12.0. The third kappa shape index (κ3) is 6.98. The second kappa shape index (κ2) is 9.70. The van der Waals surface area contributed by atoms with E-state index >= 15 is 0 Å². The zero-order valence-corrected chi connectivity index (χ0v) is 16.0. The van der Waals surface area contributed by atoms with Gasteiger partial charge in [-0.05, 0) is 42.3 Å². The summed E-state index contributed by atoms with van der Waals surface area (Å²) in [6.45, 7) is 2.08. The van der Waals surface area contributed by atoms with Gasteiger partial charge >= 0.3 is 0 Å². The topological polar surface area (TPSA) is 58.2 Å². The average molecular weight is 397 g/mol. The minimum Gasteiger partial charge on any atom is -0.325 e. The number of aryl methyl sites for hydroxylation is 1. The third-order valence-electron chi connectivity index (χ3n) is 3.26. The summed E-state index contributed by atoms with van der Waals surface area (Å²) < 4.78 is 0. The van der Waals surface area contributed by atoms with Crippen molar-refractivity contribution in [3.05, 3.63) is 58.1 Å². The van der Waals surface area contributed by atoms with Gasteiger partial charge in [-0.25, -0.2) is 0 Å². The number of amides is 2. The van der Waals surface area contributed by atoms with Gasteiger partial charge in [0.25, 0.3) is 0 Å². The van der Waals surface area contributed by atoms with Gasteiger partial charge in [0.15, 0.2) is 0 Å². The summed E-state index contributed by atoms with van der Waals surface area (Å²) in [5, 5.41) is 6.40. The summed E-state index contributed by atoms with van der Waals surface area (Å²) in [7, 11) is 0.